The Hall–Kier alpha value is -1.93. The zero-order valence-corrected chi connectivity index (χ0v) is 16.1. The van der Waals surface area contributed by atoms with E-state index in [-0.39, 0.29) is 17.8 Å². The van der Waals surface area contributed by atoms with Crippen molar-refractivity contribution in [1.29, 1.82) is 0 Å². The first kappa shape index (κ1) is 19.4. The maximum atomic E-state index is 12.0. The second kappa shape index (κ2) is 9.53. The van der Waals surface area contributed by atoms with Crippen molar-refractivity contribution >= 4 is 40.1 Å². The highest BCUT2D eigenvalue weighted by Gasteiger charge is 2.14. The molecule has 0 aliphatic heterocycles. The summed E-state index contributed by atoms with van der Waals surface area (Å²) in [6, 6.07) is 7.25. The van der Waals surface area contributed by atoms with Gasteiger partial charge in [0, 0.05) is 11.7 Å². The molecule has 0 unspecified atom stereocenters. The monoisotopic (exact) mass is 379 g/mol. The lowest BCUT2D eigenvalue weighted by atomic mass is 10.1. The van der Waals surface area contributed by atoms with Gasteiger partial charge in [0.1, 0.15) is 0 Å². The third-order valence-electron chi connectivity index (χ3n) is 3.54. The van der Waals surface area contributed by atoms with E-state index >= 15 is 0 Å². The summed E-state index contributed by atoms with van der Waals surface area (Å²) >= 11 is 2.90. The number of anilines is 1. The maximum Gasteiger partial charge on any atom is 0.337 e. The molecular formula is C17H21N3O3S2. The Morgan fingerprint density at radius 2 is 2.00 bits per heavy atom. The third-order valence-corrected chi connectivity index (χ3v) is 5.59. The highest BCUT2D eigenvalue weighted by molar-refractivity contribution is 8.00. The molecule has 2 aromatic rings. The van der Waals surface area contributed by atoms with E-state index in [2.05, 4.69) is 27.2 Å². The second-order valence-electron chi connectivity index (χ2n) is 5.53. The van der Waals surface area contributed by atoms with E-state index < -0.39 is 0 Å². The number of benzene rings is 1. The molecule has 6 nitrogen and oxygen atoms in total. The minimum absolute atomic E-state index is 0.0204. The summed E-state index contributed by atoms with van der Waals surface area (Å²) in [5.74, 6) is 0.309. The predicted octanol–water partition coefficient (Wildman–Crippen LogP) is 3.99. The summed E-state index contributed by atoms with van der Waals surface area (Å²) < 4.78 is 5.46. The zero-order chi connectivity index (χ0) is 18.2. The first-order valence-corrected chi connectivity index (χ1v) is 9.78. The maximum absolute atomic E-state index is 12.0. The van der Waals surface area contributed by atoms with Crippen molar-refractivity contribution < 1.29 is 14.3 Å². The van der Waals surface area contributed by atoms with Crippen LogP contribution in [0.1, 0.15) is 42.6 Å². The molecule has 0 radical (unpaired) electrons. The molecule has 1 N–H and O–H groups in total. The number of carbonyl (C=O) groups excluding carboxylic acids is 2. The lowest BCUT2D eigenvalue weighted by Crippen LogP contribution is -2.20. The molecular weight excluding hydrogens is 358 g/mol. The van der Waals surface area contributed by atoms with Gasteiger partial charge in [0.25, 0.3) is 0 Å². The van der Waals surface area contributed by atoms with Crippen LogP contribution in [-0.4, -0.2) is 29.2 Å². The summed E-state index contributed by atoms with van der Waals surface area (Å²) in [6.45, 7) is 3.97. The van der Waals surface area contributed by atoms with E-state index in [0.29, 0.717) is 16.4 Å². The Labute approximate surface area is 155 Å². The van der Waals surface area contributed by atoms with Crippen LogP contribution in [0.15, 0.2) is 28.6 Å². The topological polar surface area (TPSA) is 81.2 Å². The van der Waals surface area contributed by atoms with Gasteiger partial charge in [-0.1, -0.05) is 55.5 Å². The third kappa shape index (κ3) is 5.82. The number of hydrogen-bond donors (Lipinski definition) is 1. The standard InChI is InChI=1S/C17H21N3O3S2/c1-4-5-11(2)14(21)18-16-19-20-17(25-16)24-10-12-6-8-13(9-7-12)15(22)23-3/h6-9,11H,4-5,10H2,1-3H3,(H,18,19,21)/t11-/m0/s1. The SMILES string of the molecule is CCC[C@H](C)C(=O)Nc1nnc(SCc2ccc(C(=O)OC)cc2)s1. The Morgan fingerprint density at radius 3 is 2.64 bits per heavy atom. The molecule has 0 saturated heterocycles. The molecule has 25 heavy (non-hydrogen) atoms. The largest absolute Gasteiger partial charge is 0.465 e. The minimum atomic E-state index is -0.346. The molecule has 1 atom stereocenters. The Bertz CT molecular complexity index is 716. The summed E-state index contributed by atoms with van der Waals surface area (Å²) in [6.07, 6.45) is 1.83. The zero-order valence-electron chi connectivity index (χ0n) is 14.4. The number of hydrogen-bond acceptors (Lipinski definition) is 7. The molecule has 134 valence electrons. The van der Waals surface area contributed by atoms with Crippen LogP contribution in [0.3, 0.4) is 0 Å². The Balaban J connectivity index is 1.87. The highest BCUT2D eigenvalue weighted by Crippen LogP contribution is 2.28. The molecule has 1 aromatic carbocycles. The average Bonchev–Trinajstić information content (AvgIpc) is 3.07. The molecule has 0 bridgehead atoms. The van der Waals surface area contributed by atoms with E-state index in [1.807, 2.05) is 19.1 Å². The molecule has 0 saturated carbocycles. The summed E-state index contributed by atoms with van der Waals surface area (Å²) in [5, 5.41) is 11.4. The predicted molar refractivity (Wildman–Crippen MR) is 100.0 cm³/mol. The van der Waals surface area contributed by atoms with Crippen molar-refractivity contribution in [3.05, 3.63) is 35.4 Å². The van der Waals surface area contributed by atoms with Crippen LogP contribution in [0.5, 0.6) is 0 Å². The van der Waals surface area contributed by atoms with Crippen LogP contribution in [-0.2, 0) is 15.3 Å². The molecule has 2 rings (SSSR count). The molecule has 0 spiro atoms. The van der Waals surface area contributed by atoms with Gasteiger partial charge >= 0.3 is 5.97 Å². The molecule has 0 aliphatic carbocycles. The van der Waals surface area contributed by atoms with Crippen LogP contribution >= 0.6 is 23.1 Å². The number of aromatic nitrogens is 2. The van der Waals surface area contributed by atoms with Gasteiger partial charge in [0.15, 0.2) is 4.34 Å². The first-order valence-electron chi connectivity index (χ1n) is 7.98. The van der Waals surface area contributed by atoms with Gasteiger partial charge in [-0.05, 0) is 24.1 Å². The van der Waals surface area contributed by atoms with Crippen molar-refractivity contribution in [3.63, 3.8) is 0 Å². The van der Waals surface area contributed by atoms with E-state index in [1.165, 1.54) is 30.2 Å². The number of nitrogens with one attached hydrogen (secondary N) is 1. The molecule has 1 amide bonds. The van der Waals surface area contributed by atoms with Gasteiger partial charge < -0.3 is 10.1 Å². The number of amides is 1. The molecule has 1 aromatic heterocycles. The van der Waals surface area contributed by atoms with Gasteiger partial charge in [-0.25, -0.2) is 4.79 Å². The fourth-order valence-corrected chi connectivity index (χ4v) is 3.82. The quantitative estimate of drug-likeness (QED) is 0.424. The van der Waals surface area contributed by atoms with Crippen LogP contribution < -0.4 is 5.32 Å². The van der Waals surface area contributed by atoms with Gasteiger partial charge in [-0.2, -0.15) is 0 Å². The lowest BCUT2D eigenvalue weighted by molar-refractivity contribution is -0.119. The van der Waals surface area contributed by atoms with Gasteiger partial charge in [0.2, 0.25) is 11.0 Å². The average molecular weight is 380 g/mol. The number of rotatable bonds is 8. The second-order valence-corrected chi connectivity index (χ2v) is 7.73. The number of carbonyl (C=O) groups is 2. The van der Waals surface area contributed by atoms with Gasteiger partial charge in [-0.15, -0.1) is 10.2 Å². The number of methoxy groups -OCH3 is 1. The minimum Gasteiger partial charge on any atom is -0.465 e. The highest BCUT2D eigenvalue weighted by atomic mass is 32.2. The van der Waals surface area contributed by atoms with Crippen molar-refractivity contribution in [3.8, 4) is 0 Å². The van der Waals surface area contributed by atoms with Crippen LogP contribution in [0.4, 0.5) is 5.13 Å². The van der Waals surface area contributed by atoms with E-state index in [1.54, 1.807) is 12.1 Å². The van der Waals surface area contributed by atoms with E-state index in [4.69, 9.17) is 0 Å². The van der Waals surface area contributed by atoms with E-state index in [0.717, 1.165) is 22.7 Å². The van der Waals surface area contributed by atoms with Crippen molar-refractivity contribution in [2.45, 2.75) is 36.8 Å². The number of nitrogens with zero attached hydrogens (tertiary/aromatic N) is 2. The van der Waals surface area contributed by atoms with Crippen molar-refractivity contribution in [2.24, 2.45) is 5.92 Å². The summed E-state index contributed by atoms with van der Waals surface area (Å²) in [4.78, 5) is 23.4. The van der Waals surface area contributed by atoms with Crippen LogP contribution in [0, 0.1) is 5.92 Å². The Morgan fingerprint density at radius 1 is 1.28 bits per heavy atom. The van der Waals surface area contributed by atoms with Crippen LogP contribution in [0.25, 0.3) is 0 Å². The van der Waals surface area contributed by atoms with E-state index in [9.17, 15) is 9.59 Å². The number of esters is 1. The van der Waals surface area contributed by atoms with Crippen molar-refractivity contribution in [1.82, 2.24) is 10.2 Å². The molecule has 0 fully saturated rings. The smallest absolute Gasteiger partial charge is 0.337 e. The first-order chi connectivity index (χ1) is 12.0. The molecule has 8 heteroatoms. The van der Waals surface area contributed by atoms with Gasteiger partial charge in [0.05, 0.1) is 12.7 Å². The number of thioether (sulfide) groups is 1. The molecule has 0 aliphatic rings. The fraction of sp³-hybridized carbons (Fsp3) is 0.412. The van der Waals surface area contributed by atoms with Gasteiger partial charge in [-0.3, -0.25) is 4.79 Å². The summed E-state index contributed by atoms with van der Waals surface area (Å²) in [5.41, 5.74) is 1.59. The normalized spacial score (nSPS) is 11.8. The van der Waals surface area contributed by atoms with Crippen molar-refractivity contribution in [2.75, 3.05) is 12.4 Å². The summed E-state index contributed by atoms with van der Waals surface area (Å²) in [7, 11) is 1.36. The lowest BCUT2D eigenvalue weighted by Gasteiger charge is -2.07. The Kier molecular flexibility index (Phi) is 7.39. The fourth-order valence-electron chi connectivity index (χ4n) is 2.11. The van der Waals surface area contributed by atoms with Crippen LogP contribution in [0.2, 0.25) is 0 Å². The number of ether oxygens (including phenoxy) is 1. The molecule has 1 heterocycles.